The van der Waals surface area contributed by atoms with Crippen molar-refractivity contribution in [2.45, 2.75) is 58.2 Å². The molecule has 1 aliphatic carbocycles. The number of benzene rings is 2. The molecule has 1 saturated carbocycles. The van der Waals surface area contributed by atoms with Gasteiger partial charge in [0.2, 0.25) is 5.91 Å². The van der Waals surface area contributed by atoms with Crippen LogP contribution < -0.4 is 10.6 Å². The van der Waals surface area contributed by atoms with Crippen molar-refractivity contribution in [2.75, 3.05) is 6.54 Å². The maximum atomic E-state index is 13.1. The number of rotatable bonds is 5. The van der Waals surface area contributed by atoms with Gasteiger partial charge in [-0.2, -0.15) is 0 Å². The van der Waals surface area contributed by atoms with E-state index in [0.717, 1.165) is 46.1 Å². The number of nitrogens with one attached hydrogen (secondary N) is 3. The molecular weight excluding hydrogens is 486 g/mol. The molecule has 2 atom stereocenters. The van der Waals surface area contributed by atoms with Crippen LogP contribution in [0.1, 0.15) is 55.4 Å². The zero-order chi connectivity index (χ0) is 27.1. The van der Waals surface area contributed by atoms with Crippen molar-refractivity contribution in [2.24, 2.45) is 5.92 Å². The number of aromatic amines is 1. The standard InChI is InChI=1S/C32H35N5O2/c1-32(2,3)36-31(39)37-16-13-24-22(23-11-14-33-29-25(23)12-15-34-29)10-9-21(28(24)19-37)18-35-30(38)27-17-26(27)20-7-5-4-6-8-20/h4-12,14-15,26-27H,13,16-19H2,1-3H3,(H,33,34)(H,35,38)(H,36,39)/t26-,27?/m0/s1. The van der Waals surface area contributed by atoms with Crippen molar-refractivity contribution in [1.29, 1.82) is 0 Å². The van der Waals surface area contributed by atoms with E-state index in [4.69, 9.17) is 0 Å². The highest BCUT2D eigenvalue weighted by molar-refractivity contribution is 5.94. The molecule has 6 rings (SSSR count). The van der Waals surface area contributed by atoms with Gasteiger partial charge in [0.05, 0.1) is 0 Å². The molecule has 1 unspecified atom stereocenters. The summed E-state index contributed by atoms with van der Waals surface area (Å²) in [6, 6.07) is 18.6. The summed E-state index contributed by atoms with van der Waals surface area (Å²) in [7, 11) is 0. The minimum absolute atomic E-state index is 0.0234. The number of fused-ring (bicyclic) bond motifs is 2. The van der Waals surface area contributed by atoms with Gasteiger partial charge in [-0.3, -0.25) is 4.79 Å². The first-order valence-corrected chi connectivity index (χ1v) is 13.7. The molecule has 7 nitrogen and oxygen atoms in total. The lowest BCUT2D eigenvalue weighted by Gasteiger charge is -2.34. The average Bonchev–Trinajstić information content (AvgIpc) is 3.59. The molecule has 7 heteroatoms. The quantitative estimate of drug-likeness (QED) is 0.323. The summed E-state index contributed by atoms with van der Waals surface area (Å²) in [5, 5.41) is 7.39. The second kappa shape index (κ2) is 9.88. The number of pyridine rings is 1. The minimum Gasteiger partial charge on any atom is -0.352 e. The Morgan fingerprint density at radius 1 is 1.03 bits per heavy atom. The maximum Gasteiger partial charge on any atom is 0.318 e. The number of carbonyl (C=O) groups is 2. The minimum atomic E-state index is -0.313. The zero-order valence-electron chi connectivity index (χ0n) is 22.8. The number of amides is 3. The molecule has 0 spiro atoms. The van der Waals surface area contributed by atoms with Crippen LogP contribution in [0.5, 0.6) is 0 Å². The highest BCUT2D eigenvalue weighted by Gasteiger charge is 2.43. The van der Waals surface area contributed by atoms with Crippen LogP contribution in [0.25, 0.3) is 22.2 Å². The Kier molecular flexibility index (Phi) is 6.37. The third-order valence-electron chi connectivity index (χ3n) is 7.84. The topological polar surface area (TPSA) is 90.1 Å². The van der Waals surface area contributed by atoms with E-state index in [1.807, 2.05) is 56.3 Å². The number of carbonyl (C=O) groups excluding carboxylic acids is 2. The first-order valence-electron chi connectivity index (χ1n) is 13.7. The first kappa shape index (κ1) is 25.2. The molecule has 3 heterocycles. The molecule has 2 aliphatic rings. The van der Waals surface area contributed by atoms with Gasteiger partial charge in [-0.15, -0.1) is 0 Å². The SMILES string of the molecule is CC(C)(C)NC(=O)N1CCc2c(-c3ccnc4[nH]ccc34)ccc(CNC(=O)C3C[C@H]3c3ccccc3)c2C1. The second-order valence-corrected chi connectivity index (χ2v) is 11.8. The molecule has 0 saturated heterocycles. The highest BCUT2D eigenvalue weighted by Crippen LogP contribution is 2.47. The average molecular weight is 522 g/mol. The van der Waals surface area contributed by atoms with Gasteiger partial charge in [-0.05, 0) is 85.0 Å². The number of aromatic nitrogens is 2. The molecule has 0 radical (unpaired) electrons. The van der Waals surface area contributed by atoms with Gasteiger partial charge in [-0.1, -0.05) is 42.5 Å². The van der Waals surface area contributed by atoms with Crippen molar-refractivity contribution in [1.82, 2.24) is 25.5 Å². The third kappa shape index (κ3) is 5.13. The van der Waals surface area contributed by atoms with Gasteiger partial charge in [-0.25, -0.2) is 9.78 Å². The van der Waals surface area contributed by atoms with Crippen LogP contribution in [0.4, 0.5) is 4.79 Å². The van der Waals surface area contributed by atoms with Crippen LogP contribution in [0.2, 0.25) is 0 Å². The molecule has 2 aromatic heterocycles. The van der Waals surface area contributed by atoms with E-state index in [1.165, 1.54) is 11.1 Å². The lowest BCUT2D eigenvalue weighted by Crippen LogP contribution is -2.50. The Bertz CT molecular complexity index is 1540. The first-order chi connectivity index (χ1) is 18.8. The van der Waals surface area contributed by atoms with Crippen molar-refractivity contribution >= 4 is 23.0 Å². The third-order valence-corrected chi connectivity index (χ3v) is 7.84. The Morgan fingerprint density at radius 3 is 2.64 bits per heavy atom. The normalized spacial score (nSPS) is 18.5. The summed E-state index contributed by atoms with van der Waals surface area (Å²) < 4.78 is 0. The van der Waals surface area contributed by atoms with Crippen LogP contribution >= 0.6 is 0 Å². The van der Waals surface area contributed by atoms with E-state index < -0.39 is 0 Å². The van der Waals surface area contributed by atoms with Crippen LogP contribution in [0, 0.1) is 5.92 Å². The monoisotopic (exact) mass is 521 g/mol. The number of hydrogen-bond acceptors (Lipinski definition) is 3. The number of hydrogen-bond donors (Lipinski definition) is 3. The molecule has 4 aromatic rings. The number of urea groups is 1. The molecule has 2 aromatic carbocycles. The van der Waals surface area contributed by atoms with Crippen molar-refractivity contribution in [3.8, 4) is 11.1 Å². The van der Waals surface area contributed by atoms with Crippen molar-refractivity contribution in [3.05, 3.63) is 89.2 Å². The largest absolute Gasteiger partial charge is 0.352 e. The summed E-state index contributed by atoms with van der Waals surface area (Å²) >= 11 is 0. The van der Waals surface area contributed by atoms with Gasteiger partial charge >= 0.3 is 6.03 Å². The fourth-order valence-corrected chi connectivity index (χ4v) is 5.79. The summed E-state index contributed by atoms with van der Waals surface area (Å²) in [5.41, 5.74) is 7.49. The van der Waals surface area contributed by atoms with E-state index in [9.17, 15) is 9.59 Å². The summed E-state index contributed by atoms with van der Waals surface area (Å²) in [5.74, 6) is 0.424. The molecule has 39 heavy (non-hydrogen) atoms. The van der Waals surface area contributed by atoms with Crippen molar-refractivity contribution < 1.29 is 9.59 Å². The zero-order valence-corrected chi connectivity index (χ0v) is 22.8. The van der Waals surface area contributed by atoms with Crippen LogP contribution in [0.15, 0.2) is 67.0 Å². The Balaban J connectivity index is 1.28. The molecule has 1 fully saturated rings. The van der Waals surface area contributed by atoms with Crippen molar-refractivity contribution in [3.63, 3.8) is 0 Å². The van der Waals surface area contributed by atoms with Crippen LogP contribution in [-0.4, -0.2) is 38.9 Å². The lowest BCUT2D eigenvalue weighted by molar-refractivity contribution is -0.122. The molecule has 3 N–H and O–H groups in total. The Labute approximate surface area is 229 Å². The van der Waals surface area contributed by atoms with E-state index in [1.54, 1.807) is 0 Å². The fourth-order valence-electron chi connectivity index (χ4n) is 5.79. The Morgan fingerprint density at radius 2 is 1.85 bits per heavy atom. The molecular formula is C32H35N5O2. The predicted molar refractivity (Wildman–Crippen MR) is 153 cm³/mol. The van der Waals surface area contributed by atoms with Crippen LogP contribution in [0.3, 0.4) is 0 Å². The van der Waals surface area contributed by atoms with E-state index in [2.05, 4.69) is 57.0 Å². The van der Waals surface area contributed by atoms with Gasteiger partial charge in [0, 0.05) is 48.9 Å². The second-order valence-electron chi connectivity index (χ2n) is 11.8. The molecule has 3 amide bonds. The smallest absolute Gasteiger partial charge is 0.318 e. The number of nitrogens with zero attached hydrogens (tertiary/aromatic N) is 2. The predicted octanol–water partition coefficient (Wildman–Crippen LogP) is 5.52. The number of H-pyrrole nitrogens is 1. The summed E-state index contributed by atoms with van der Waals surface area (Å²) in [4.78, 5) is 35.7. The molecule has 0 bridgehead atoms. The van der Waals surface area contributed by atoms with E-state index in [-0.39, 0.29) is 23.4 Å². The Hall–Kier alpha value is -4.13. The van der Waals surface area contributed by atoms with E-state index in [0.29, 0.717) is 25.6 Å². The molecule has 200 valence electrons. The van der Waals surface area contributed by atoms with Crippen LogP contribution in [-0.2, 0) is 24.3 Å². The fraction of sp³-hybridized carbons (Fsp3) is 0.344. The summed E-state index contributed by atoms with van der Waals surface area (Å²) in [6.45, 7) is 7.58. The van der Waals surface area contributed by atoms with Gasteiger partial charge in [0.1, 0.15) is 5.65 Å². The van der Waals surface area contributed by atoms with E-state index >= 15 is 0 Å². The summed E-state index contributed by atoms with van der Waals surface area (Å²) in [6.07, 6.45) is 5.38. The van der Waals surface area contributed by atoms with Gasteiger partial charge in [0.15, 0.2) is 0 Å². The maximum absolute atomic E-state index is 13.1. The van der Waals surface area contributed by atoms with Gasteiger partial charge in [0.25, 0.3) is 0 Å². The molecule has 1 aliphatic heterocycles. The van der Waals surface area contributed by atoms with Gasteiger partial charge < -0.3 is 20.5 Å². The lowest BCUT2D eigenvalue weighted by atomic mass is 9.87. The highest BCUT2D eigenvalue weighted by atomic mass is 16.2.